The topological polar surface area (TPSA) is 78.9 Å². The smallest absolute Gasteiger partial charge is 0.306 e. The van der Waals surface area contributed by atoms with Gasteiger partial charge in [-0.2, -0.15) is 0 Å². The quantitative estimate of drug-likeness (QED) is 0.0262. The van der Waals surface area contributed by atoms with Crippen molar-refractivity contribution in [2.75, 3.05) is 13.2 Å². The highest BCUT2D eigenvalue weighted by atomic mass is 16.6. The van der Waals surface area contributed by atoms with Crippen LogP contribution in [0, 0.1) is 0 Å². The Hall–Kier alpha value is -2.63. The molecule has 6 heteroatoms. The summed E-state index contributed by atoms with van der Waals surface area (Å²) in [6.45, 7) is 6.55. The van der Waals surface area contributed by atoms with Gasteiger partial charge in [0.05, 0.1) is 0 Å². The second-order valence-corrected chi connectivity index (χ2v) is 17.8. The molecule has 0 N–H and O–H groups in total. The molecule has 0 radical (unpaired) electrons. The van der Waals surface area contributed by atoms with E-state index in [0.29, 0.717) is 19.3 Å². The van der Waals surface area contributed by atoms with Gasteiger partial charge in [0.15, 0.2) is 6.10 Å². The van der Waals surface area contributed by atoms with Crippen molar-refractivity contribution in [3.05, 3.63) is 48.6 Å². The van der Waals surface area contributed by atoms with Gasteiger partial charge in [0.2, 0.25) is 0 Å². The zero-order valence-corrected chi connectivity index (χ0v) is 41.1. The normalized spacial score (nSPS) is 12.4. The Labute approximate surface area is 384 Å². The maximum atomic E-state index is 12.8. The zero-order chi connectivity index (χ0) is 45.1. The van der Waals surface area contributed by atoms with Gasteiger partial charge in [0, 0.05) is 19.3 Å². The molecule has 6 nitrogen and oxygen atoms in total. The molecule has 0 saturated carbocycles. The van der Waals surface area contributed by atoms with Gasteiger partial charge in [-0.25, -0.2) is 0 Å². The number of hydrogen-bond donors (Lipinski definition) is 0. The fourth-order valence-electron chi connectivity index (χ4n) is 7.51. The number of hydrogen-bond acceptors (Lipinski definition) is 6. The van der Waals surface area contributed by atoms with Crippen LogP contribution in [-0.4, -0.2) is 37.2 Å². The first-order valence-electron chi connectivity index (χ1n) is 26.6. The first kappa shape index (κ1) is 59.4. The lowest BCUT2D eigenvalue weighted by molar-refractivity contribution is -0.167. The van der Waals surface area contributed by atoms with E-state index in [1.54, 1.807) is 0 Å². The average molecular weight is 869 g/mol. The van der Waals surface area contributed by atoms with Gasteiger partial charge in [0.1, 0.15) is 13.2 Å². The fourth-order valence-corrected chi connectivity index (χ4v) is 7.51. The Morgan fingerprint density at radius 2 is 0.613 bits per heavy atom. The molecule has 0 heterocycles. The van der Waals surface area contributed by atoms with E-state index in [0.717, 1.165) is 89.9 Å². The van der Waals surface area contributed by atoms with Crippen LogP contribution in [0.1, 0.15) is 271 Å². The van der Waals surface area contributed by atoms with Gasteiger partial charge in [-0.1, -0.05) is 223 Å². The summed E-state index contributed by atoms with van der Waals surface area (Å²) in [6.07, 6.45) is 60.9. The fraction of sp³-hybridized carbons (Fsp3) is 0.804. The van der Waals surface area contributed by atoms with E-state index in [4.69, 9.17) is 14.2 Å². The van der Waals surface area contributed by atoms with E-state index in [1.807, 2.05) is 0 Å². The minimum absolute atomic E-state index is 0.0798. The highest BCUT2D eigenvalue weighted by Crippen LogP contribution is 2.15. The molecule has 0 rings (SSSR count). The Morgan fingerprint density at radius 1 is 0.323 bits per heavy atom. The Kier molecular flexibility index (Phi) is 48.8. The van der Waals surface area contributed by atoms with E-state index >= 15 is 0 Å². The standard InChI is InChI=1S/C56H100O6/c1-4-7-10-13-16-19-22-24-26-27-28-29-31-32-34-37-40-43-46-49-55(58)61-52-53(51-60-54(57)48-45-42-39-36-21-18-15-12-9-6-3)62-56(59)50-47-44-41-38-35-33-30-25-23-20-17-14-11-8-5-2/h12,15-16,19,24,26,28-29,53H,4-11,13-14,17-18,20-23,25,27,30-52H2,1-3H3/b15-12-,19-16-,26-24-,29-28-. The molecule has 0 bridgehead atoms. The summed E-state index contributed by atoms with van der Waals surface area (Å²) < 4.78 is 16.8. The van der Waals surface area contributed by atoms with Crippen LogP contribution in [-0.2, 0) is 28.6 Å². The average Bonchev–Trinajstić information content (AvgIpc) is 3.27. The first-order valence-corrected chi connectivity index (χ1v) is 26.6. The van der Waals surface area contributed by atoms with E-state index in [2.05, 4.69) is 69.4 Å². The van der Waals surface area contributed by atoms with Gasteiger partial charge < -0.3 is 14.2 Å². The van der Waals surface area contributed by atoms with Crippen LogP contribution in [0.25, 0.3) is 0 Å². The van der Waals surface area contributed by atoms with Crippen LogP contribution in [0.3, 0.4) is 0 Å². The molecule has 0 spiro atoms. The lowest BCUT2D eigenvalue weighted by atomic mass is 10.0. The van der Waals surface area contributed by atoms with Crippen LogP contribution in [0.4, 0.5) is 0 Å². The molecule has 0 aromatic carbocycles. The summed E-state index contributed by atoms with van der Waals surface area (Å²) in [5.74, 6) is -0.893. The van der Waals surface area contributed by atoms with Crippen molar-refractivity contribution >= 4 is 17.9 Å². The van der Waals surface area contributed by atoms with Crippen molar-refractivity contribution in [1.29, 1.82) is 0 Å². The molecule has 1 unspecified atom stereocenters. The summed E-state index contributed by atoms with van der Waals surface area (Å²) in [4.78, 5) is 37.9. The van der Waals surface area contributed by atoms with E-state index in [1.165, 1.54) is 141 Å². The number of unbranched alkanes of at least 4 members (excludes halogenated alkanes) is 29. The van der Waals surface area contributed by atoms with Crippen molar-refractivity contribution < 1.29 is 28.6 Å². The molecule has 360 valence electrons. The summed E-state index contributed by atoms with van der Waals surface area (Å²) in [6, 6.07) is 0. The minimum atomic E-state index is -0.778. The van der Waals surface area contributed by atoms with Crippen LogP contribution >= 0.6 is 0 Å². The lowest BCUT2D eigenvalue weighted by Gasteiger charge is -2.18. The van der Waals surface area contributed by atoms with Crippen LogP contribution in [0.5, 0.6) is 0 Å². The minimum Gasteiger partial charge on any atom is -0.462 e. The number of carbonyl (C=O) groups excluding carboxylic acids is 3. The monoisotopic (exact) mass is 869 g/mol. The highest BCUT2D eigenvalue weighted by molar-refractivity contribution is 5.71. The Balaban J connectivity index is 4.33. The summed E-state index contributed by atoms with van der Waals surface area (Å²) in [5.41, 5.74) is 0. The van der Waals surface area contributed by atoms with Crippen LogP contribution in [0.2, 0.25) is 0 Å². The predicted octanol–water partition coefficient (Wildman–Crippen LogP) is 17.5. The number of ether oxygens (including phenoxy) is 3. The molecular weight excluding hydrogens is 769 g/mol. The SMILES string of the molecule is CCC/C=C\CCCCCCCC(=O)OCC(COC(=O)CCCCCCCC/C=C\C/C=C\C/C=C\CCCCC)OC(=O)CCCCCCCCCCCCCCCCC. The number of allylic oxidation sites excluding steroid dienone is 8. The zero-order valence-electron chi connectivity index (χ0n) is 41.1. The van der Waals surface area contributed by atoms with E-state index in [-0.39, 0.29) is 31.1 Å². The lowest BCUT2D eigenvalue weighted by Crippen LogP contribution is -2.30. The third-order valence-electron chi connectivity index (χ3n) is 11.5. The van der Waals surface area contributed by atoms with Gasteiger partial charge in [0.25, 0.3) is 0 Å². The van der Waals surface area contributed by atoms with Crippen molar-refractivity contribution in [1.82, 2.24) is 0 Å². The molecule has 0 fully saturated rings. The molecule has 0 saturated heterocycles. The summed E-state index contributed by atoms with van der Waals surface area (Å²) >= 11 is 0. The van der Waals surface area contributed by atoms with Crippen molar-refractivity contribution in [3.8, 4) is 0 Å². The van der Waals surface area contributed by atoms with Gasteiger partial charge >= 0.3 is 17.9 Å². The molecule has 0 aliphatic heterocycles. The van der Waals surface area contributed by atoms with Crippen molar-refractivity contribution in [2.24, 2.45) is 0 Å². The largest absolute Gasteiger partial charge is 0.462 e. The summed E-state index contributed by atoms with van der Waals surface area (Å²) in [5, 5.41) is 0. The number of rotatable bonds is 48. The highest BCUT2D eigenvalue weighted by Gasteiger charge is 2.19. The van der Waals surface area contributed by atoms with E-state index < -0.39 is 6.10 Å². The van der Waals surface area contributed by atoms with Gasteiger partial charge in [-0.3, -0.25) is 14.4 Å². The number of esters is 3. The molecule has 1 atom stereocenters. The molecule has 0 amide bonds. The van der Waals surface area contributed by atoms with Crippen LogP contribution in [0.15, 0.2) is 48.6 Å². The second kappa shape index (κ2) is 51.0. The Morgan fingerprint density at radius 3 is 1.02 bits per heavy atom. The third-order valence-corrected chi connectivity index (χ3v) is 11.5. The molecular formula is C56H100O6. The van der Waals surface area contributed by atoms with Crippen molar-refractivity contribution in [2.45, 2.75) is 277 Å². The maximum absolute atomic E-state index is 12.8. The molecule has 0 aliphatic rings. The molecule has 0 aromatic rings. The first-order chi connectivity index (χ1) is 30.5. The Bertz CT molecular complexity index is 1090. The molecule has 62 heavy (non-hydrogen) atoms. The van der Waals surface area contributed by atoms with Crippen molar-refractivity contribution in [3.63, 3.8) is 0 Å². The third kappa shape index (κ3) is 48.4. The van der Waals surface area contributed by atoms with E-state index in [9.17, 15) is 14.4 Å². The molecule has 0 aromatic heterocycles. The summed E-state index contributed by atoms with van der Waals surface area (Å²) in [7, 11) is 0. The molecule has 0 aliphatic carbocycles. The predicted molar refractivity (Wildman–Crippen MR) is 265 cm³/mol. The second-order valence-electron chi connectivity index (χ2n) is 17.8. The van der Waals surface area contributed by atoms with Gasteiger partial charge in [-0.15, -0.1) is 0 Å². The number of carbonyl (C=O) groups is 3. The van der Waals surface area contributed by atoms with Crippen LogP contribution < -0.4 is 0 Å². The van der Waals surface area contributed by atoms with Gasteiger partial charge in [-0.05, 0) is 77.0 Å². The maximum Gasteiger partial charge on any atom is 0.306 e.